The molecule has 3 heterocycles. The van der Waals surface area contributed by atoms with Gasteiger partial charge in [0.2, 0.25) is 0 Å². The van der Waals surface area contributed by atoms with E-state index in [0.717, 1.165) is 31.5 Å². The topological polar surface area (TPSA) is 43.9 Å². The Hall–Kier alpha value is -0.950. The maximum Gasteiger partial charge on any atom is 0.282 e. The lowest BCUT2D eigenvalue weighted by Gasteiger charge is -2.39. The van der Waals surface area contributed by atoms with Gasteiger partial charge in [0.05, 0.1) is 0 Å². The fraction of sp³-hybridized carbons (Fsp3) is 0.625. The molecule has 0 bridgehead atoms. The number of piperazine rings is 1. The van der Waals surface area contributed by atoms with Crippen LogP contribution in [0.3, 0.4) is 0 Å². The predicted molar refractivity (Wildman–Crippen MR) is 85.6 cm³/mol. The quantitative estimate of drug-likeness (QED) is 0.818. The molecule has 3 aliphatic rings. The Morgan fingerprint density at radius 2 is 1.77 bits per heavy atom. The molecule has 5 nitrogen and oxygen atoms in total. The molecule has 0 aromatic heterocycles. The number of hydrogen-bond acceptors (Lipinski definition) is 3. The van der Waals surface area contributed by atoms with Gasteiger partial charge in [-0.3, -0.25) is 4.90 Å². The third kappa shape index (κ3) is 2.48. The number of rotatable bonds is 2. The van der Waals surface area contributed by atoms with Gasteiger partial charge in [0, 0.05) is 38.8 Å². The van der Waals surface area contributed by atoms with Crippen LogP contribution in [0.2, 0.25) is 0 Å². The Morgan fingerprint density at radius 1 is 0.955 bits per heavy atom. The Balaban J connectivity index is 1.52. The van der Waals surface area contributed by atoms with Gasteiger partial charge in [-0.1, -0.05) is 24.3 Å². The van der Waals surface area contributed by atoms with Crippen molar-refractivity contribution in [2.24, 2.45) is 0 Å². The van der Waals surface area contributed by atoms with Crippen molar-refractivity contribution in [3.63, 3.8) is 0 Å². The maximum absolute atomic E-state index is 13.0. The van der Waals surface area contributed by atoms with Gasteiger partial charge in [-0.25, -0.2) is 0 Å². The lowest BCUT2D eigenvalue weighted by atomic mass is 10.0. The molecule has 2 saturated heterocycles. The average Bonchev–Trinajstić information content (AvgIpc) is 3.02. The third-order valence-electron chi connectivity index (χ3n) is 5.30. The summed E-state index contributed by atoms with van der Waals surface area (Å²) in [6.07, 6.45) is 3.16. The highest BCUT2D eigenvalue weighted by Gasteiger charge is 2.38. The highest BCUT2D eigenvalue weighted by atomic mass is 32.2. The molecule has 1 atom stereocenters. The molecule has 120 valence electrons. The zero-order valence-corrected chi connectivity index (χ0v) is 13.6. The highest BCUT2D eigenvalue weighted by Crippen LogP contribution is 2.27. The van der Waals surface area contributed by atoms with Gasteiger partial charge < -0.3 is 0 Å². The summed E-state index contributed by atoms with van der Waals surface area (Å²) in [6, 6.07) is 8.61. The zero-order chi connectivity index (χ0) is 15.2. The smallest absolute Gasteiger partial charge is 0.282 e. The summed E-state index contributed by atoms with van der Waals surface area (Å²) in [7, 11) is -3.33. The monoisotopic (exact) mass is 321 g/mol. The summed E-state index contributed by atoms with van der Waals surface area (Å²) < 4.78 is 29.3. The Kier molecular flexibility index (Phi) is 3.72. The van der Waals surface area contributed by atoms with Crippen LogP contribution < -0.4 is 0 Å². The Morgan fingerprint density at radius 3 is 2.64 bits per heavy atom. The van der Waals surface area contributed by atoms with Gasteiger partial charge in [0.25, 0.3) is 10.2 Å². The average molecular weight is 321 g/mol. The van der Waals surface area contributed by atoms with E-state index in [2.05, 4.69) is 11.0 Å². The highest BCUT2D eigenvalue weighted by molar-refractivity contribution is 7.86. The standard InChI is InChI=1S/C16H23N3O2S/c20-22(21,19-11-10-17-8-3-6-16(17)13-19)18-9-7-14-4-1-2-5-15(14)12-18/h1-2,4-5,16H,3,6-13H2/t16-/m1/s1. The lowest BCUT2D eigenvalue weighted by molar-refractivity contribution is 0.151. The summed E-state index contributed by atoms with van der Waals surface area (Å²) in [5.74, 6) is 0. The largest absolute Gasteiger partial charge is 0.298 e. The minimum Gasteiger partial charge on any atom is -0.298 e. The van der Waals surface area contributed by atoms with Crippen LogP contribution in [-0.4, -0.2) is 60.7 Å². The Bertz CT molecular complexity index is 661. The van der Waals surface area contributed by atoms with Crippen molar-refractivity contribution in [2.45, 2.75) is 31.8 Å². The zero-order valence-electron chi connectivity index (χ0n) is 12.8. The summed E-state index contributed by atoms with van der Waals surface area (Å²) in [5.41, 5.74) is 2.44. The molecule has 6 heteroatoms. The van der Waals surface area contributed by atoms with Crippen molar-refractivity contribution in [1.29, 1.82) is 0 Å². The fourth-order valence-electron chi connectivity index (χ4n) is 4.00. The molecular formula is C16H23N3O2S. The van der Waals surface area contributed by atoms with Crippen LogP contribution in [0.5, 0.6) is 0 Å². The lowest BCUT2D eigenvalue weighted by Crippen LogP contribution is -2.56. The molecule has 0 N–H and O–H groups in total. The summed E-state index contributed by atoms with van der Waals surface area (Å²) in [5, 5.41) is 0. The molecular weight excluding hydrogens is 298 g/mol. The predicted octanol–water partition coefficient (Wildman–Crippen LogP) is 1.07. The molecule has 1 aromatic carbocycles. The van der Waals surface area contributed by atoms with Crippen molar-refractivity contribution in [3.05, 3.63) is 35.4 Å². The summed E-state index contributed by atoms with van der Waals surface area (Å²) >= 11 is 0. The van der Waals surface area contributed by atoms with Gasteiger partial charge in [-0.15, -0.1) is 0 Å². The van der Waals surface area contributed by atoms with E-state index >= 15 is 0 Å². The van der Waals surface area contributed by atoms with Crippen LogP contribution in [0.25, 0.3) is 0 Å². The van der Waals surface area contributed by atoms with Gasteiger partial charge in [-0.05, 0) is 36.9 Å². The SMILES string of the molecule is O=S(=O)(N1CCc2ccccc2C1)N1CCN2CCC[C@@H]2C1. The third-order valence-corrected chi connectivity index (χ3v) is 7.25. The van der Waals surface area contributed by atoms with E-state index in [4.69, 9.17) is 0 Å². The van der Waals surface area contributed by atoms with Crippen LogP contribution in [0.15, 0.2) is 24.3 Å². The van der Waals surface area contributed by atoms with Crippen molar-refractivity contribution in [3.8, 4) is 0 Å². The first-order valence-electron chi connectivity index (χ1n) is 8.21. The van der Waals surface area contributed by atoms with Crippen LogP contribution in [0.4, 0.5) is 0 Å². The van der Waals surface area contributed by atoms with E-state index in [0.29, 0.717) is 32.2 Å². The minimum atomic E-state index is -3.33. The fourth-order valence-corrected chi connectivity index (χ4v) is 5.63. The van der Waals surface area contributed by atoms with Crippen molar-refractivity contribution < 1.29 is 8.42 Å². The van der Waals surface area contributed by atoms with Gasteiger partial charge in [0.1, 0.15) is 0 Å². The van der Waals surface area contributed by atoms with Crippen LogP contribution in [0.1, 0.15) is 24.0 Å². The maximum atomic E-state index is 13.0. The van der Waals surface area contributed by atoms with Gasteiger partial charge in [0.15, 0.2) is 0 Å². The van der Waals surface area contributed by atoms with E-state index in [1.165, 1.54) is 12.0 Å². The van der Waals surface area contributed by atoms with E-state index in [9.17, 15) is 8.42 Å². The van der Waals surface area contributed by atoms with E-state index < -0.39 is 10.2 Å². The molecule has 0 aliphatic carbocycles. The van der Waals surface area contributed by atoms with E-state index in [1.54, 1.807) is 8.61 Å². The summed E-state index contributed by atoms with van der Waals surface area (Å²) in [4.78, 5) is 2.44. The van der Waals surface area contributed by atoms with Crippen molar-refractivity contribution in [2.75, 3.05) is 32.7 Å². The molecule has 2 fully saturated rings. The van der Waals surface area contributed by atoms with Gasteiger partial charge >= 0.3 is 0 Å². The number of hydrogen-bond donors (Lipinski definition) is 0. The van der Waals surface area contributed by atoms with Gasteiger partial charge in [-0.2, -0.15) is 17.0 Å². The van der Waals surface area contributed by atoms with Crippen molar-refractivity contribution >= 4 is 10.2 Å². The first-order valence-corrected chi connectivity index (χ1v) is 9.60. The molecule has 0 amide bonds. The normalized spacial score (nSPS) is 27.5. The molecule has 0 spiro atoms. The van der Waals surface area contributed by atoms with E-state index in [-0.39, 0.29) is 0 Å². The number of benzene rings is 1. The second-order valence-corrected chi connectivity index (χ2v) is 8.48. The van der Waals surface area contributed by atoms with Crippen LogP contribution in [0, 0.1) is 0 Å². The first kappa shape index (κ1) is 14.6. The van der Waals surface area contributed by atoms with E-state index in [1.807, 2.05) is 18.2 Å². The summed E-state index contributed by atoms with van der Waals surface area (Å²) in [6.45, 7) is 4.44. The second-order valence-electron chi connectivity index (χ2n) is 6.55. The molecule has 3 aliphatic heterocycles. The number of fused-ring (bicyclic) bond motifs is 2. The molecule has 4 rings (SSSR count). The van der Waals surface area contributed by atoms with Crippen LogP contribution >= 0.6 is 0 Å². The number of nitrogens with zero attached hydrogens (tertiary/aromatic N) is 3. The minimum absolute atomic E-state index is 0.431. The first-order chi connectivity index (χ1) is 10.6. The molecule has 0 saturated carbocycles. The second kappa shape index (κ2) is 5.60. The van der Waals surface area contributed by atoms with Crippen molar-refractivity contribution in [1.82, 2.24) is 13.5 Å². The molecule has 22 heavy (non-hydrogen) atoms. The Labute approximate surface area is 132 Å². The van der Waals surface area contributed by atoms with Crippen LogP contribution in [-0.2, 0) is 23.2 Å². The molecule has 0 radical (unpaired) electrons. The molecule has 1 aromatic rings. The molecule has 0 unspecified atom stereocenters.